The molecule has 0 aliphatic carbocycles. The Balaban J connectivity index is 2.14. The van der Waals surface area contributed by atoms with Gasteiger partial charge in [0, 0.05) is 5.56 Å². The third-order valence-corrected chi connectivity index (χ3v) is 4.30. The van der Waals surface area contributed by atoms with E-state index in [1.165, 1.54) is 24.4 Å². The highest BCUT2D eigenvalue weighted by atomic mass is 35.5. The number of sulfonamides is 1. The summed E-state index contributed by atoms with van der Waals surface area (Å²) >= 11 is 11.5. The van der Waals surface area contributed by atoms with Gasteiger partial charge in [0.1, 0.15) is 10.3 Å². The average Bonchev–Trinajstić information content (AvgIpc) is 2.41. The first-order valence-electron chi connectivity index (χ1n) is 5.82. The highest BCUT2D eigenvalue weighted by Gasteiger charge is 2.11. The van der Waals surface area contributed by atoms with E-state index in [2.05, 4.69) is 14.9 Å². The van der Waals surface area contributed by atoms with E-state index in [9.17, 15) is 8.42 Å². The molecule has 0 bridgehead atoms. The summed E-state index contributed by atoms with van der Waals surface area (Å²) in [7, 11) is -3.71. The molecular formula is C13H11Cl2N3O2S. The minimum Gasteiger partial charge on any atom is -0.224 e. The van der Waals surface area contributed by atoms with Crippen LogP contribution in [0.3, 0.4) is 0 Å². The van der Waals surface area contributed by atoms with E-state index in [4.69, 9.17) is 23.2 Å². The number of nitrogens with one attached hydrogen (secondary N) is 1. The number of aromatic nitrogens is 1. The van der Waals surface area contributed by atoms with Gasteiger partial charge in [-0.2, -0.15) is 13.5 Å². The Hall–Kier alpha value is -1.63. The summed E-state index contributed by atoms with van der Waals surface area (Å²) in [6.45, 7) is 1.87. The van der Waals surface area contributed by atoms with Gasteiger partial charge in [-0.25, -0.2) is 9.82 Å². The second-order valence-corrected chi connectivity index (χ2v) is 6.59. The smallest absolute Gasteiger partial charge is 0.224 e. The molecular weight excluding hydrogens is 333 g/mol. The van der Waals surface area contributed by atoms with Crippen LogP contribution in [0.15, 0.2) is 46.4 Å². The molecule has 110 valence electrons. The van der Waals surface area contributed by atoms with Crippen molar-refractivity contribution in [2.75, 3.05) is 0 Å². The van der Waals surface area contributed by atoms with Gasteiger partial charge in [-0.15, -0.1) is 0 Å². The van der Waals surface area contributed by atoms with Gasteiger partial charge >= 0.3 is 0 Å². The summed E-state index contributed by atoms with van der Waals surface area (Å²) < 4.78 is 24.0. The lowest BCUT2D eigenvalue weighted by atomic mass is 10.2. The van der Waals surface area contributed by atoms with E-state index in [-0.39, 0.29) is 15.2 Å². The molecule has 2 aromatic rings. The summed E-state index contributed by atoms with van der Waals surface area (Å²) in [5, 5.41) is 4.06. The molecule has 8 heteroatoms. The van der Waals surface area contributed by atoms with Gasteiger partial charge in [0.2, 0.25) is 0 Å². The highest BCUT2D eigenvalue weighted by Crippen LogP contribution is 2.15. The number of hydrazone groups is 1. The quantitative estimate of drug-likeness (QED) is 0.526. The summed E-state index contributed by atoms with van der Waals surface area (Å²) in [5.41, 5.74) is 1.42. The largest absolute Gasteiger partial charge is 0.276 e. The first-order chi connectivity index (χ1) is 9.88. The first-order valence-corrected chi connectivity index (χ1v) is 8.06. The number of halogens is 2. The fourth-order valence-corrected chi connectivity index (χ4v) is 2.64. The van der Waals surface area contributed by atoms with Crippen LogP contribution >= 0.6 is 23.2 Å². The fourth-order valence-electron chi connectivity index (χ4n) is 1.45. The van der Waals surface area contributed by atoms with Crippen molar-refractivity contribution in [3.63, 3.8) is 0 Å². The van der Waals surface area contributed by atoms with Crippen LogP contribution in [0.4, 0.5) is 0 Å². The number of hydrogen-bond donors (Lipinski definition) is 1. The van der Waals surface area contributed by atoms with Crippen LogP contribution in [0, 0.1) is 6.92 Å². The second kappa shape index (κ2) is 6.43. The van der Waals surface area contributed by atoms with Crippen LogP contribution in [0.25, 0.3) is 0 Å². The van der Waals surface area contributed by atoms with Crippen molar-refractivity contribution in [3.05, 3.63) is 57.8 Å². The molecule has 0 radical (unpaired) electrons. The van der Waals surface area contributed by atoms with Crippen molar-refractivity contribution in [1.29, 1.82) is 0 Å². The van der Waals surface area contributed by atoms with Gasteiger partial charge in [-0.05, 0) is 31.2 Å². The fraction of sp³-hybridized carbons (Fsp3) is 0.0769. The molecule has 0 atom stereocenters. The molecule has 0 fully saturated rings. The maximum Gasteiger partial charge on any atom is 0.276 e. The summed E-state index contributed by atoms with van der Waals surface area (Å²) in [4.78, 5) is 6.06. The standard InChI is InChI=1S/C13H11Cl2N3O2S/c1-9-2-5-11(6-3-9)21(19,20)18-16-8-10-4-7-12(14)17-13(10)15/h2-8,18H,1H3/b16-8-. The Morgan fingerprint density at radius 3 is 2.43 bits per heavy atom. The first kappa shape index (κ1) is 15.8. The van der Waals surface area contributed by atoms with Crippen LogP contribution in [-0.2, 0) is 10.0 Å². The van der Waals surface area contributed by atoms with Crippen molar-refractivity contribution in [2.24, 2.45) is 5.10 Å². The number of nitrogens with zero attached hydrogens (tertiary/aromatic N) is 2. The number of benzene rings is 1. The zero-order valence-corrected chi connectivity index (χ0v) is 13.2. The van der Waals surface area contributed by atoms with Crippen molar-refractivity contribution >= 4 is 39.4 Å². The normalized spacial score (nSPS) is 11.8. The molecule has 21 heavy (non-hydrogen) atoms. The molecule has 0 aliphatic heterocycles. The Morgan fingerprint density at radius 1 is 1.14 bits per heavy atom. The van der Waals surface area contributed by atoms with Gasteiger partial charge < -0.3 is 0 Å². The molecule has 0 amide bonds. The van der Waals surface area contributed by atoms with Gasteiger partial charge in [0.15, 0.2) is 0 Å². The van der Waals surface area contributed by atoms with Crippen LogP contribution in [0.2, 0.25) is 10.3 Å². The molecule has 1 aromatic heterocycles. The molecule has 1 N–H and O–H groups in total. The average molecular weight is 344 g/mol. The van der Waals surface area contributed by atoms with Gasteiger partial charge in [0.05, 0.1) is 11.1 Å². The SMILES string of the molecule is Cc1ccc(S(=O)(=O)N/N=C\c2ccc(Cl)nc2Cl)cc1. The van der Waals surface area contributed by atoms with E-state index in [0.717, 1.165) is 5.56 Å². The van der Waals surface area contributed by atoms with E-state index < -0.39 is 10.0 Å². The van der Waals surface area contributed by atoms with Gasteiger partial charge in [-0.1, -0.05) is 40.9 Å². The number of pyridine rings is 1. The molecule has 0 spiro atoms. The van der Waals surface area contributed by atoms with Crippen molar-refractivity contribution in [3.8, 4) is 0 Å². The number of hydrogen-bond acceptors (Lipinski definition) is 4. The molecule has 0 saturated carbocycles. The highest BCUT2D eigenvalue weighted by molar-refractivity contribution is 7.89. The van der Waals surface area contributed by atoms with Crippen LogP contribution in [-0.4, -0.2) is 19.6 Å². The van der Waals surface area contributed by atoms with Crippen LogP contribution in [0.1, 0.15) is 11.1 Å². The van der Waals surface area contributed by atoms with Crippen molar-refractivity contribution in [2.45, 2.75) is 11.8 Å². The Bertz CT molecular complexity index is 775. The van der Waals surface area contributed by atoms with E-state index in [0.29, 0.717) is 5.56 Å². The molecule has 1 aromatic carbocycles. The maximum absolute atomic E-state index is 12.0. The van der Waals surface area contributed by atoms with Gasteiger partial charge in [0.25, 0.3) is 10.0 Å². The lowest BCUT2D eigenvalue weighted by Crippen LogP contribution is -2.18. The van der Waals surface area contributed by atoms with Gasteiger partial charge in [-0.3, -0.25) is 0 Å². The van der Waals surface area contributed by atoms with Crippen molar-refractivity contribution in [1.82, 2.24) is 9.82 Å². The Morgan fingerprint density at radius 2 is 1.81 bits per heavy atom. The zero-order valence-electron chi connectivity index (χ0n) is 10.9. The predicted octanol–water partition coefficient (Wildman–Crippen LogP) is 3.01. The topological polar surface area (TPSA) is 71.4 Å². The molecule has 2 rings (SSSR count). The Labute approximate surface area is 132 Å². The lowest BCUT2D eigenvalue weighted by molar-refractivity contribution is 0.584. The third-order valence-electron chi connectivity index (χ3n) is 2.55. The van der Waals surface area contributed by atoms with E-state index in [1.807, 2.05) is 6.92 Å². The number of aryl methyl sites for hydroxylation is 1. The van der Waals surface area contributed by atoms with E-state index >= 15 is 0 Å². The predicted molar refractivity (Wildman–Crippen MR) is 83.4 cm³/mol. The number of rotatable bonds is 4. The molecule has 0 unspecified atom stereocenters. The molecule has 1 heterocycles. The van der Waals surface area contributed by atoms with Crippen LogP contribution < -0.4 is 4.83 Å². The summed E-state index contributed by atoms with van der Waals surface area (Å²) in [5.74, 6) is 0. The maximum atomic E-state index is 12.0. The van der Waals surface area contributed by atoms with Crippen molar-refractivity contribution < 1.29 is 8.42 Å². The monoisotopic (exact) mass is 343 g/mol. The third kappa shape index (κ3) is 4.17. The zero-order chi connectivity index (χ0) is 15.5. The summed E-state index contributed by atoms with van der Waals surface area (Å²) in [6.07, 6.45) is 1.26. The molecule has 0 saturated heterocycles. The molecule has 5 nitrogen and oxygen atoms in total. The summed E-state index contributed by atoms with van der Waals surface area (Å²) in [6, 6.07) is 9.54. The minimum atomic E-state index is -3.71. The lowest BCUT2D eigenvalue weighted by Gasteiger charge is -2.03. The second-order valence-electron chi connectivity index (χ2n) is 4.18. The Kier molecular flexibility index (Phi) is 4.82. The minimum absolute atomic E-state index is 0.130. The molecule has 0 aliphatic rings. The van der Waals surface area contributed by atoms with E-state index in [1.54, 1.807) is 18.2 Å². The van der Waals surface area contributed by atoms with Crippen LogP contribution in [0.5, 0.6) is 0 Å².